The largest absolute Gasteiger partial charge is 0.446 e. The Labute approximate surface area is 387 Å². The van der Waals surface area contributed by atoms with Gasteiger partial charge < -0.3 is 45.2 Å². The van der Waals surface area contributed by atoms with Crippen LogP contribution in [0.3, 0.4) is 0 Å². The number of hydrogen-bond acceptors (Lipinski definition) is 11. The van der Waals surface area contributed by atoms with Crippen molar-refractivity contribution in [2.45, 2.75) is 160 Å². The zero-order valence-corrected chi connectivity index (χ0v) is 41.9. The highest BCUT2D eigenvalue weighted by molar-refractivity contribution is 5.83. The molecule has 7 rings (SSSR count). The molecule has 64 heavy (non-hydrogen) atoms. The van der Waals surface area contributed by atoms with Gasteiger partial charge in [-0.3, -0.25) is 14.4 Å². The Balaban J connectivity index is 1.19. The van der Waals surface area contributed by atoms with E-state index >= 15 is 0 Å². The van der Waals surface area contributed by atoms with E-state index in [0.29, 0.717) is 55.3 Å². The van der Waals surface area contributed by atoms with Crippen LogP contribution in [0.2, 0.25) is 0 Å². The van der Waals surface area contributed by atoms with Gasteiger partial charge in [-0.1, -0.05) is 59.3 Å². The molecule has 0 aromatic carbocycles. The smallest absolute Gasteiger partial charge is 0.407 e. The van der Waals surface area contributed by atoms with Crippen LogP contribution in [0.25, 0.3) is 0 Å². The first-order chi connectivity index (χ1) is 30.4. The van der Waals surface area contributed by atoms with Crippen molar-refractivity contribution in [3.8, 4) is 0 Å². The zero-order valence-electron chi connectivity index (χ0n) is 41.9. The number of aliphatic hydroxyl groups is 1. The molecule has 1 aliphatic heterocycles. The van der Waals surface area contributed by atoms with Crippen molar-refractivity contribution in [2.75, 3.05) is 82.2 Å². The molecule has 14 heteroatoms. The van der Waals surface area contributed by atoms with Crippen LogP contribution in [0, 0.1) is 58.7 Å². The van der Waals surface area contributed by atoms with Crippen molar-refractivity contribution < 1.29 is 33.8 Å². The van der Waals surface area contributed by atoms with Crippen LogP contribution in [0.4, 0.5) is 4.79 Å². The van der Waals surface area contributed by atoms with Gasteiger partial charge in [0.15, 0.2) is 0 Å². The first-order valence-corrected chi connectivity index (χ1v) is 25.5. The summed E-state index contributed by atoms with van der Waals surface area (Å²) in [4.78, 5) is 55.5. The third-order valence-corrected chi connectivity index (χ3v) is 17.6. The lowest BCUT2D eigenvalue weighted by Crippen LogP contribution is -2.62. The molecule has 6 unspecified atom stereocenters. The summed E-state index contributed by atoms with van der Waals surface area (Å²) in [5, 5.41) is 22.6. The summed E-state index contributed by atoms with van der Waals surface area (Å²) >= 11 is 0. The van der Waals surface area contributed by atoms with E-state index < -0.39 is 30.3 Å². The minimum Gasteiger partial charge on any atom is -0.446 e. The van der Waals surface area contributed by atoms with Crippen LogP contribution in [0.5, 0.6) is 0 Å². The second kappa shape index (κ2) is 22.8. The van der Waals surface area contributed by atoms with Gasteiger partial charge in [-0.2, -0.15) is 5.06 Å². The first-order valence-electron chi connectivity index (χ1n) is 25.5. The molecule has 1 heterocycles. The van der Waals surface area contributed by atoms with Crippen LogP contribution in [-0.2, 0) is 23.9 Å². The standard InChI is InChI=1S/C50H91N7O7/c1-31-41-26-37(50(41,3)4)27-42(31)53-48(60)45-44(32(2)63-49(61)51-20-21-54(5)6)43(30-58)64-57(45)28-34-18-15-19-40(46(34)62-11)35-23-36(25-39(24-35)56(9)10)47(59)52-38(29-55(7)8)22-33-16-13-12-14-17-33/h31-46,58H,12-30H2,1-11H3,(H,51,61)(H,52,59)(H,53,60)/t31-,32-,34?,35?,36?,37+,38-,39?,40?,41-,42-,43-,44+,45-,46?/m0/s1. The molecule has 3 amide bonds. The van der Waals surface area contributed by atoms with Crippen molar-refractivity contribution in [2.24, 2.45) is 58.7 Å². The van der Waals surface area contributed by atoms with E-state index in [1.54, 1.807) is 0 Å². The average Bonchev–Trinajstić information content (AvgIpc) is 3.62. The summed E-state index contributed by atoms with van der Waals surface area (Å²) < 4.78 is 12.5. The van der Waals surface area contributed by atoms with Gasteiger partial charge in [0.05, 0.1) is 18.6 Å². The van der Waals surface area contributed by atoms with E-state index in [1.807, 2.05) is 38.1 Å². The molecule has 1 saturated heterocycles. The highest BCUT2D eigenvalue weighted by Crippen LogP contribution is 2.61. The molecule has 0 aromatic rings. The second-order valence-corrected chi connectivity index (χ2v) is 22.9. The van der Waals surface area contributed by atoms with Crippen LogP contribution in [0.1, 0.15) is 118 Å². The van der Waals surface area contributed by atoms with Gasteiger partial charge in [0, 0.05) is 63.3 Å². The van der Waals surface area contributed by atoms with Crippen LogP contribution in [0.15, 0.2) is 0 Å². The maximum absolute atomic E-state index is 14.9. The molecule has 2 bridgehead atoms. The highest BCUT2D eigenvalue weighted by Gasteiger charge is 2.58. The zero-order chi connectivity index (χ0) is 46.5. The molecule has 0 aromatic heterocycles. The lowest BCUT2D eigenvalue weighted by atomic mass is 9.45. The van der Waals surface area contributed by atoms with E-state index in [2.05, 4.69) is 74.7 Å². The van der Waals surface area contributed by atoms with Crippen molar-refractivity contribution >= 4 is 17.9 Å². The number of likely N-dealkylation sites (N-methyl/N-ethyl adjacent to an activating group) is 2. The minimum atomic E-state index is -0.775. The van der Waals surface area contributed by atoms with E-state index in [9.17, 15) is 19.5 Å². The number of aliphatic hydroxyl groups excluding tert-OH is 1. The Hall–Kier alpha value is -2.07. The van der Waals surface area contributed by atoms with E-state index in [-0.39, 0.29) is 59.8 Å². The van der Waals surface area contributed by atoms with Gasteiger partial charge in [-0.15, -0.1) is 0 Å². The summed E-state index contributed by atoms with van der Waals surface area (Å²) in [6, 6.07) is -0.291. The van der Waals surface area contributed by atoms with Gasteiger partial charge in [-0.05, 0) is 141 Å². The van der Waals surface area contributed by atoms with Gasteiger partial charge in [-0.25, -0.2) is 4.79 Å². The van der Waals surface area contributed by atoms with Crippen LogP contribution < -0.4 is 16.0 Å². The predicted octanol–water partition coefficient (Wildman–Crippen LogP) is 5.24. The number of nitrogens with one attached hydrogen (secondary N) is 3. The van der Waals surface area contributed by atoms with E-state index in [1.165, 1.54) is 38.5 Å². The molecule has 4 N–H and O–H groups in total. The molecule has 14 nitrogen and oxygen atoms in total. The Kier molecular flexibility index (Phi) is 18.3. The molecular formula is C50H91N7O7. The fraction of sp³-hybridized carbons (Fsp3) is 0.940. The lowest BCUT2D eigenvalue weighted by Gasteiger charge is -2.62. The van der Waals surface area contributed by atoms with Crippen molar-refractivity contribution in [1.82, 2.24) is 35.7 Å². The summed E-state index contributed by atoms with van der Waals surface area (Å²) in [5.41, 5.74) is 0.278. The maximum Gasteiger partial charge on any atom is 0.407 e. The van der Waals surface area contributed by atoms with Crippen molar-refractivity contribution in [1.29, 1.82) is 0 Å². The first kappa shape index (κ1) is 51.3. The summed E-state index contributed by atoms with van der Waals surface area (Å²) in [6.45, 7) is 10.9. The third-order valence-electron chi connectivity index (χ3n) is 17.6. The van der Waals surface area contributed by atoms with Gasteiger partial charge in [0.2, 0.25) is 11.8 Å². The number of nitrogens with zero attached hydrogens (tertiary/aromatic N) is 4. The predicted molar refractivity (Wildman–Crippen MR) is 251 cm³/mol. The normalized spacial score (nSPS) is 36.6. The maximum atomic E-state index is 14.9. The Morgan fingerprint density at radius 1 is 0.906 bits per heavy atom. The summed E-state index contributed by atoms with van der Waals surface area (Å²) in [6.07, 6.45) is 13.3. The molecule has 0 spiro atoms. The monoisotopic (exact) mass is 902 g/mol. The third kappa shape index (κ3) is 12.3. The van der Waals surface area contributed by atoms with Gasteiger partial charge in [0.25, 0.3) is 0 Å². The number of rotatable bonds is 19. The van der Waals surface area contributed by atoms with Gasteiger partial charge in [0.1, 0.15) is 18.2 Å². The average molecular weight is 902 g/mol. The Morgan fingerprint density at radius 3 is 2.27 bits per heavy atom. The number of hydroxylamine groups is 2. The number of ether oxygens (including phenoxy) is 2. The molecule has 6 aliphatic carbocycles. The molecule has 7 aliphatic rings. The number of alkyl carbamates (subject to hydrolysis) is 1. The van der Waals surface area contributed by atoms with Crippen molar-refractivity contribution in [3.05, 3.63) is 0 Å². The summed E-state index contributed by atoms with van der Waals surface area (Å²) in [5.74, 6) is 2.16. The molecule has 7 fully saturated rings. The number of hydrogen-bond donors (Lipinski definition) is 4. The number of carbonyl (C=O) groups excluding carboxylic acids is 3. The lowest BCUT2D eigenvalue weighted by molar-refractivity contribution is -0.193. The minimum absolute atomic E-state index is 0.0443. The molecule has 0 radical (unpaired) electrons. The van der Waals surface area contributed by atoms with E-state index in [0.717, 1.165) is 57.9 Å². The fourth-order valence-corrected chi connectivity index (χ4v) is 13.8. The number of fused-ring (bicyclic) bond motifs is 2. The number of methoxy groups -OCH3 is 1. The molecular weight excluding hydrogens is 811 g/mol. The molecule has 368 valence electrons. The Bertz CT molecular complexity index is 1510. The summed E-state index contributed by atoms with van der Waals surface area (Å²) in [7, 11) is 14.2. The second-order valence-electron chi connectivity index (χ2n) is 22.9. The molecule has 6 saturated carbocycles. The van der Waals surface area contributed by atoms with Crippen LogP contribution in [-0.4, -0.2) is 167 Å². The quantitative estimate of drug-likeness (QED) is 0.135. The fourth-order valence-electron chi connectivity index (χ4n) is 13.8. The number of carbonyl (C=O) groups is 3. The Morgan fingerprint density at radius 2 is 1.64 bits per heavy atom. The molecule has 15 atom stereocenters. The highest BCUT2D eigenvalue weighted by atomic mass is 16.7. The topological polar surface area (TPSA) is 148 Å². The van der Waals surface area contributed by atoms with Crippen molar-refractivity contribution in [3.63, 3.8) is 0 Å². The van der Waals surface area contributed by atoms with Crippen LogP contribution >= 0.6 is 0 Å². The van der Waals surface area contributed by atoms with Gasteiger partial charge >= 0.3 is 6.09 Å². The van der Waals surface area contributed by atoms with E-state index in [4.69, 9.17) is 14.3 Å². The SMILES string of the molecule is COC1C(CN2O[C@@H](CO)[C@@H]([C@H](C)OC(=O)NCCN(C)C)[C@H]2C(=O)N[C@H]2C[C@H]3C[C@@H]([C@@H]2C)C3(C)C)CCCC1C1CC(C(=O)N[C@@H](CC2CCCCC2)CN(C)C)CC(N(C)C)C1. The number of amides is 3.